The van der Waals surface area contributed by atoms with Crippen molar-refractivity contribution in [3.63, 3.8) is 0 Å². The second kappa shape index (κ2) is 9.32. The average Bonchev–Trinajstić information content (AvgIpc) is 3.34. The quantitative estimate of drug-likeness (QED) is 0.367. The van der Waals surface area contributed by atoms with Crippen molar-refractivity contribution in [3.8, 4) is 0 Å². The number of rotatable bonds is 6. The molecule has 1 fully saturated rings. The van der Waals surface area contributed by atoms with Gasteiger partial charge in [-0.15, -0.1) is 0 Å². The molecule has 0 saturated carbocycles. The lowest BCUT2D eigenvalue weighted by molar-refractivity contribution is 0.608. The van der Waals surface area contributed by atoms with Crippen molar-refractivity contribution in [2.24, 2.45) is 0 Å². The van der Waals surface area contributed by atoms with E-state index < -0.39 is 0 Å². The fourth-order valence-electron chi connectivity index (χ4n) is 4.30. The second-order valence-electron chi connectivity index (χ2n) is 8.45. The Kier molecular flexibility index (Phi) is 6.09. The normalized spacial score (nSPS) is 13.6. The van der Waals surface area contributed by atoms with E-state index in [2.05, 4.69) is 20.2 Å². The molecular weight excluding hydrogens is 437 g/mol. The molecule has 1 N–H and O–H groups in total. The van der Waals surface area contributed by atoms with Crippen molar-refractivity contribution in [2.75, 3.05) is 23.3 Å². The Balaban J connectivity index is 1.35. The van der Waals surface area contributed by atoms with Crippen molar-refractivity contribution in [2.45, 2.75) is 32.6 Å². The molecule has 5 rings (SSSR count). The zero-order valence-corrected chi connectivity index (χ0v) is 19.2. The van der Waals surface area contributed by atoms with Crippen LogP contribution < -0.4 is 10.2 Å². The lowest BCUT2D eigenvalue weighted by atomic mass is 10.1. The molecule has 2 aromatic carbocycles. The molecule has 0 aliphatic carbocycles. The van der Waals surface area contributed by atoms with Crippen LogP contribution in [-0.2, 0) is 12.8 Å². The largest absolute Gasteiger partial charge is 0.355 e. The van der Waals surface area contributed by atoms with Gasteiger partial charge in [-0.2, -0.15) is 0 Å². The average molecular weight is 462 g/mol. The summed E-state index contributed by atoms with van der Waals surface area (Å²) in [7, 11) is 0. The highest BCUT2D eigenvalue weighted by Gasteiger charge is 2.16. The summed E-state index contributed by atoms with van der Waals surface area (Å²) in [6.45, 7) is 3.99. The zero-order chi connectivity index (χ0) is 22.8. The molecule has 33 heavy (non-hydrogen) atoms. The molecule has 2 aromatic heterocycles. The summed E-state index contributed by atoms with van der Waals surface area (Å²) < 4.78 is 14.6. The molecule has 0 radical (unpaired) electrons. The SMILES string of the molecule is Cc1cc(CCc2cc(Nc3ccnc4cc(Cl)ccc34)ccc2F)nc(N2CCCC2)n1. The third-order valence-electron chi connectivity index (χ3n) is 5.96. The summed E-state index contributed by atoms with van der Waals surface area (Å²) in [5.41, 5.74) is 5.08. The zero-order valence-electron chi connectivity index (χ0n) is 18.5. The van der Waals surface area contributed by atoms with Crippen LogP contribution in [0.5, 0.6) is 0 Å². The fraction of sp³-hybridized carbons (Fsp3) is 0.269. The first kappa shape index (κ1) is 21.6. The Hall–Kier alpha value is -3.25. The smallest absolute Gasteiger partial charge is 0.225 e. The standard InChI is InChI=1S/C26H25ClFN5/c1-17-14-20(32-26(30-17)33-12-2-3-13-33)6-4-18-15-21(7-9-23(18)28)31-24-10-11-29-25-16-19(27)5-8-22(24)25/h5,7-11,14-16H,2-4,6,12-13H2,1H3,(H,29,31). The van der Waals surface area contributed by atoms with Crippen LogP contribution >= 0.6 is 11.6 Å². The Bertz CT molecular complexity index is 1300. The number of halogens is 2. The number of benzene rings is 2. The molecule has 5 nitrogen and oxygen atoms in total. The van der Waals surface area contributed by atoms with Gasteiger partial charge in [0.25, 0.3) is 0 Å². The third kappa shape index (κ3) is 4.91. The maximum Gasteiger partial charge on any atom is 0.225 e. The van der Waals surface area contributed by atoms with Crippen LogP contribution in [0, 0.1) is 12.7 Å². The van der Waals surface area contributed by atoms with Crippen molar-refractivity contribution in [3.05, 3.63) is 82.5 Å². The predicted molar refractivity (Wildman–Crippen MR) is 132 cm³/mol. The third-order valence-corrected chi connectivity index (χ3v) is 6.20. The highest BCUT2D eigenvalue weighted by Crippen LogP contribution is 2.28. The highest BCUT2D eigenvalue weighted by molar-refractivity contribution is 6.31. The van der Waals surface area contributed by atoms with E-state index in [1.165, 1.54) is 18.9 Å². The molecule has 1 aliphatic heterocycles. The first-order valence-electron chi connectivity index (χ1n) is 11.2. The van der Waals surface area contributed by atoms with E-state index in [9.17, 15) is 4.39 Å². The van der Waals surface area contributed by atoms with Crippen LogP contribution in [0.2, 0.25) is 5.02 Å². The van der Waals surface area contributed by atoms with Gasteiger partial charge in [0.1, 0.15) is 5.82 Å². The van der Waals surface area contributed by atoms with E-state index in [0.717, 1.165) is 52.7 Å². The number of nitrogens with zero attached hydrogens (tertiary/aromatic N) is 4. The summed E-state index contributed by atoms with van der Waals surface area (Å²) in [4.78, 5) is 16.0. The van der Waals surface area contributed by atoms with Crippen LogP contribution in [0.4, 0.5) is 21.7 Å². The van der Waals surface area contributed by atoms with Crippen molar-refractivity contribution >= 4 is 39.8 Å². The van der Waals surface area contributed by atoms with Gasteiger partial charge in [0.2, 0.25) is 5.95 Å². The minimum absolute atomic E-state index is 0.211. The lowest BCUT2D eigenvalue weighted by Crippen LogP contribution is -2.21. The summed E-state index contributed by atoms with van der Waals surface area (Å²) in [6, 6.07) is 14.6. The Morgan fingerprint density at radius 1 is 1.00 bits per heavy atom. The Morgan fingerprint density at radius 2 is 1.85 bits per heavy atom. The molecule has 3 heterocycles. The molecule has 0 unspecified atom stereocenters. The second-order valence-corrected chi connectivity index (χ2v) is 8.88. The maximum atomic E-state index is 14.6. The maximum absolute atomic E-state index is 14.6. The number of pyridine rings is 1. The van der Waals surface area contributed by atoms with Crippen LogP contribution in [0.1, 0.15) is 29.8 Å². The monoisotopic (exact) mass is 461 g/mol. The number of anilines is 3. The number of hydrogen-bond acceptors (Lipinski definition) is 5. The molecule has 4 aromatic rings. The van der Waals surface area contributed by atoms with Gasteiger partial charge in [-0.1, -0.05) is 11.6 Å². The van der Waals surface area contributed by atoms with E-state index >= 15 is 0 Å². The van der Waals surface area contributed by atoms with Gasteiger partial charge >= 0.3 is 0 Å². The van der Waals surface area contributed by atoms with Gasteiger partial charge in [0.15, 0.2) is 0 Å². The number of hydrogen-bond donors (Lipinski definition) is 1. The molecule has 7 heteroatoms. The van der Waals surface area contributed by atoms with Gasteiger partial charge in [0.05, 0.1) is 5.52 Å². The lowest BCUT2D eigenvalue weighted by Gasteiger charge is -2.16. The fourth-order valence-corrected chi connectivity index (χ4v) is 4.46. The van der Waals surface area contributed by atoms with E-state index in [0.29, 0.717) is 23.4 Å². The van der Waals surface area contributed by atoms with E-state index in [-0.39, 0.29) is 5.82 Å². The number of nitrogens with one attached hydrogen (secondary N) is 1. The molecular formula is C26H25ClFN5. The van der Waals surface area contributed by atoms with Gasteiger partial charge < -0.3 is 10.2 Å². The van der Waals surface area contributed by atoms with Gasteiger partial charge in [-0.25, -0.2) is 14.4 Å². The molecule has 168 valence electrons. The van der Waals surface area contributed by atoms with E-state index in [1.54, 1.807) is 12.3 Å². The number of fused-ring (bicyclic) bond motifs is 1. The highest BCUT2D eigenvalue weighted by atomic mass is 35.5. The van der Waals surface area contributed by atoms with Gasteiger partial charge in [-0.05, 0) is 86.7 Å². The predicted octanol–water partition coefficient (Wildman–Crippen LogP) is 6.25. The van der Waals surface area contributed by atoms with Crippen molar-refractivity contribution < 1.29 is 4.39 Å². The molecule has 0 atom stereocenters. The number of aryl methyl sites for hydroxylation is 3. The number of aromatic nitrogens is 3. The van der Waals surface area contributed by atoms with Crippen molar-refractivity contribution in [1.82, 2.24) is 15.0 Å². The Labute approximate surface area is 197 Å². The van der Waals surface area contributed by atoms with Crippen LogP contribution in [0.15, 0.2) is 54.7 Å². The molecule has 0 spiro atoms. The van der Waals surface area contributed by atoms with Crippen LogP contribution in [-0.4, -0.2) is 28.0 Å². The van der Waals surface area contributed by atoms with Crippen LogP contribution in [0.3, 0.4) is 0 Å². The van der Waals surface area contributed by atoms with E-state index in [4.69, 9.17) is 16.6 Å². The first-order valence-corrected chi connectivity index (χ1v) is 11.6. The molecule has 0 bridgehead atoms. The summed E-state index contributed by atoms with van der Waals surface area (Å²) in [6.07, 6.45) is 5.31. The van der Waals surface area contributed by atoms with E-state index in [1.807, 2.05) is 43.3 Å². The minimum atomic E-state index is -0.211. The minimum Gasteiger partial charge on any atom is -0.355 e. The van der Waals surface area contributed by atoms with Crippen molar-refractivity contribution in [1.29, 1.82) is 0 Å². The molecule has 1 aliphatic rings. The molecule has 1 saturated heterocycles. The van der Waals surface area contributed by atoms with Gasteiger partial charge in [0, 0.05) is 52.5 Å². The van der Waals surface area contributed by atoms with Crippen LogP contribution in [0.25, 0.3) is 10.9 Å². The van der Waals surface area contributed by atoms with Gasteiger partial charge in [-0.3, -0.25) is 4.98 Å². The summed E-state index contributed by atoms with van der Waals surface area (Å²) in [5.74, 6) is 0.584. The molecule has 0 amide bonds. The summed E-state index contributed by atoms with van der Waals surface area (Å²) >= 11 is 6.10. The topological polar surface area (TPSA) is 53.9 Å². The Morgan fingerprint density at radius 3 is 2.70 bits per heavy atom. The summed E-state index contributed by atoms with van der Waals surface area (Å²) in [5, 5.41) is 5.01. The first-order chi connectivity index (χ1) is 16.0.